The van der Waals surface area contributed by atoms with Crippen molar-refractivity contribution in [2.75, 3.05) is 13.2 Å². The molecule has 196 valence electrons. The number of nitrogens with zero attached hydrogens (tertiary/aromatic N) is 1. The van der Waals surface area contributed by atoms with Gasteiger partial charge in [-0.1, -0.05) is 41.9 Å². The van der Waals surface area contributed by atoms with Crippen molar-refractivity contribution in [1.82, 2.24) is 0 Å². The van der Waals surface area contributed by atoms with Gasteiger partial charge in [-0.3, -0.25) is 4.79 Å². The summed E-state index contributed by atoms with van der Waals surface area (Å²) in [5.74, 6) is -1.10. The third-order valence-corrected chi connectivity index (χ3v) is 7.09. The average molecular weight is 552 g/mol. The molecule has 0 bridgehead atoms. The molecule has 0 atom stereocenters. The highest BCUT2D eigenvalue weighted by Gasteiger charge is 2.28. The Balaban J connectivity index is 1.79. The van der Waals surface area contributed by atoms with Gasteiger partial charge in [0.05, 0.1) is 24.4 Å². The van der Waals surface area contributed by atoms with Gasteiger partial charge in [0.2, 0.25) is 0 Å². The third kappa shape index (κ3) is 7.09. The molecular formula is C29H26ClNO6S. The summed E-state index contributed by atoms with van der Waals surface area (Å²) in [5, 5.41) is 10.3. The zero-order chi connectivity index (χ0) is 27.7. The number of ether oxygens (including phenoxy) is 3. The second kappa shape index (κ2) is 13.6. The molecule has 0 fully saturated rings. The van der Waals surface area contributed by atoms with Crippen molar-refractivity contribution >= 4 is 46.7 Å². The van der Waals surface area contributed by atoms with E-state index >= 15 is 0 Å². The van der Waals surface area contributed by atoms with Crippen molar-refractivity contribution in [3.63, 3.8) is 0 Å². The van der Waals surface area contributed by atoms with Crippen LogP contribution in [0.2, 0.25) is 5.02 Å². The number of carbonyl (C=O) groups is 3. The molecule has 0 saturated carbocycles. The summed E-state index contributed by atoms with van der Waals surface area (Å²) >= 11 is 7.16. The van der Waals surface area contributed by atoms with E-state index in [0.29, 0.717) is 33.4 Å². The Morgan fingerprint density at radius 2 is 1.66 bits per heavy atom. The van der Waals surface area contributed by atoms with E-state index in [4.69, 9.17) is 25.8 Å². The molecule has 38 heavy (non-hydrogen) atoms. The quantitative estimate of drug-likeness (QED) is 0.155. The number of hydrogen-bond acceptors (Lipinski definition) is 8. The average Bonchev–Trinajstić information content (AvgIpc) is 3.23. The Labute approximate surface area is 230 Å². The summed E-state index contributed by atoms with van der Waals surface area (Å²) in [6, 6.07) is 16.2. The number of thiophene rings is 1. The van der Waals surface area contributed by atoms with E-state index in [0.717, 1.165) is 16.9 Å². The van der Waals surface area contributed by atoms with Crippen molar-refractivity contribution in [2.45, 2.75) is 33.8 Å². The predicted octanol–water partition coefficient (Wildman–Crippen LogP) is 6.36. The second-order valence-electron chi connectivity index (χ2n) is 8.01. The second-order valence-corrected chi connectivity index (χ2v) is 9.53. The number of Topliss-reactive ketones (excluding diaryl/α,β-unsaturated/α-hetero) is 1. The fraction of sp³-hybridized carbons (Fsp3) is 0.241. The van der Waals surface area contributed by atoms with E-state index in [2.05, 4.69) is 0 Å². The van der Waals surface area contributed by atoms with Crippen molar-refractivity contribution in [2.24, 2.45) is 0 Å². The zero-order valence-corrected chi connectivity index (χ0v) is 22.8. The highest BCUT2D eigenvalue weighted by molar-refractivity contribution is 7.14. The first-order valence-electron chi connectivity index (χ1n) is 11.9. The molecule has 1 heterocycles. The van der Waals surface area contributed by atoms with Crippen LogP contribution in [0.3, 0.4) is 0 Å². The summed E-state index contributed by atoms with van der Waals surface area (Å²) < 4.78 is 16.0. The van der Waals surface area contributed by atoms with E-state index in [1.54, 1.807) is 51.1 Å². The topological polar surface area (TPSA) is 103 Å². The number of benzene rings is 2. The van der Waals surface area contributed by atoms with E-state index in [1.807, 2.05) is 24.3 Å². The molecule has 0 aliphatic carbocycles. The molecule has 0 aliphatic rings. The number of hydrogen-bond donors (Lipinski definition) is 0. The smallest absolute Gasteiger partial charge is 0.348 e. The molecule has 7 nitrogen and oxygen atoms in total. The molecule has 0 aliphatic heterocycles. The lowest BCUT2D eigenvalue weighted by Crippen LogP contribution is -2.12. The first-order valence-corrected chi connectivity index (χ1v) is 13.1. The molecule has 0 unspecified atom stereocenters. The first-order chi connectivity index (χ1) is 18.3. The van der Waals surface area contributed by atoms with Crippen LogP contribution in [0.15, 0.2) is 54.1 Å². The molecular weight excluding hydrogens is 526 g/mol. The highest BCUT2D eigenvalue weighted by atomic mass is 35.5. The summed E-state index contributed by atoms with van der Waals surface area (Å²) in [4.78, 5) is 38.6. The molecule has 3 rings (SSSR count). The normalized spacial score (nSPS) is 11.0. The van der Waals surface area contributed by atoms with Gasteiger partial charge in [-0.2, -0.15) is 5.26 Å². The molecule has 3 aromatic rings. The van der Waals surface area contributed by atoms with Crippen molar-refractivity contribution in [3.05, 3.63) is 91.1 Å². The van der Waals surface area contributed by atoms with Gasteiger partial charge >= 0.3 is 11.9 Å². The van der Waals surface area contributed by atoms with Crippen LogP contribution < -0.4 is 4.74 Å². The molecule has 0 amide bonds. The van der Waals surface area contributed by atoms with Gasteiger partial charge in [-0.15, -0.1) is 11.3 Å². The highest BCUT2D eigenvalue weighted by Crippen LogP contribution is 2.31. The molecule has 1 aromatic heterocycles. The maximum absolute atomic E-state index is 13.1. The van der Waals surface area contributed by atoms with Gasteiger partial charge in [-0.25, -0.2) is 9.59 Å². The Morgan fingerprint density at radius 1 is 1.00 bits per heavy atom. The van der Waals surface area contributed by atoms with Crippen molar-refractivity contribution in [3.8, 4) is 11.8 Å². The largest absolute Gasteiger partial charge is 0.489 e. The number of nitriles is 1. The number of esters is 2. The Morgan fingerprint density at radius 3 is 2.29 bits per heavy atom. The Bertz CT molecular complexity index is 1400. The maximum atomic E-state index is 13.1. The van der Waals surface area contributed by atoms with Crippen LogP contribution in [0.1, 0.15) is 55.4 Å². The van der Waals surface area contributed by atoms with E-state index in [-0.39, 0.29) is 35.6 Å². The molecule has 0 spiro atoms. The van der Waals surface area contributed by atoms with Crippen LogP contribution in [-0.2, 0) is 27.3 Å². The summed E-state index contributed by atoms with van der Waals surface area (Å²) in [7, 11) is 0. The number of allylic oxidation sites excluding steroid dienone is 1. The minimum atomic E-state index is -0.630. The van der Waals surface area contributed by atoms with Gasteiger partial charge in [0.1, 0.15) is 23.3 Å². The maximum Gasteiger partial charge on any atom is 0.348 e. The van der Waals surface area contributed by atoms with Crippen LogP contribution in [0, 0.1) is 18.3 Å². The zero-order valence-electron chi connectivity index (χ0n) is 21.2. The van der Waals surface area contributed by atoms with Gasteiger partial charge in [0.25, 0.3) is 0 Å². The fourth-order valence-corrected chi connectivity index (χ4v) is 4.96. The third-order valence-electron chi connectivity index (χ3n) is 5.45. The number of carbonyl (C=O) groups excluding carboxylic acids is 3. The SMILES string of the molecule is CCOC(=O)c1sc(CC(=O)/C(C#N)=C/c2ccc(OCc3ccccc3Cl)cc2)c(C(=O)OCC)c1C. The van der Waals surface area contributed by atoms with Crippen LogP contribution >= 0.6 is 22.9 Å². The minimum absolute atomic E-state index is 0.0896. The Hall–Kier alpha value is -3.93. The van der Waals surface area contributed by atoms with E-state index in [9.17, 15) is 19.6 Å². The molecule has 0 saturated heterocycles. The lowest BCUT2D eigenvalue weighted by atomic mass is 10.0. The summed E-state index contributed by atoms with van der Waals surface area (Å²) in [6.07, 6.45) is 1.23. The lowest BCUT2D eigenvalue weighted by Gasteiger charge is -2.08. The van der Waals surface area contributed by atoms with E-state index < -0.39 is 17.7 Å². The lowest BCUT2D eigenvalue weighted by molar-refractivity contribution is -0.114. The van der Waals surface area contributed by atoms with Crippen molar-refractivity contribution < 1.29 is 28.6 Å². The number of rotatable bonds is 11. The molecule has 2 aromatic carbocycles. The van der Waals surface area contributed by atoms with Gasteiger partial charge in [0, 0.05) is 21.9 Å². The molecule has 9 heteroatoms. The van der Waals surface area contributed by atoms with E-state index in [1.165, 1.54) is 6.08 Å². The Kier molecular flexibility index (Phi) is 10.2. The monoisotopic (exact) mass is 551 g/mol. The van der Waals surface area contributed by atoms with Crippen LogP contribution in [0.25, 0.3) is 6.08 Å². The number of halogens is 1. The minimum Gasteiger partial charge on any atom is -0.489 e. The van der Waals surface area contributed by atoms with Gasteiger partial charge < -0.3 is 14.2 Å². The summed E-state index contributed by atoms with van der Waals surface area (Å²) in [5.41, 5.74) is 1.94. The van der Waals surface area contributed by atoms with Crippen LogP contribution in [0.4, 0.5) is 0 Å². The standard InChI is InChI=1S/C29H26ClNO6S/c1-4-35-28(33)26-18(3)27(29(34)36-5-2)38-25(26)15-24(32)21(16-31)14-19-10-12-22(13-11-19)37-17-20-8-6-7-9-23(20)30/h6-14H,4-5,15,17H2,1-3H3/b21-14+. The van der Waals surface area contributed by atoms with Gasteiger partial charge in [-0.05, 0) is 56.2 Å². The van der Waals surface area contributed by atoms with Gasteiger partial charge in [0.15, 0.2) is 5.78 Å². The molecule has 0 N–H and O–H groups in total. The van der Waals surface area contributed by atoms with Crippen LogP contribution in [-0.4, -0.2) is 30.9 Å². The summed E-state index contributed by atoms with van der Waals surface area (Å²) in [6.45, 7) is 5.56. The molecule has 0 radical (unpaired) electrons. The van der Waals surface area contributed by atoms with Crippen molar-refractivity contribution in [1.29, 1.82) is 5.26 Å². The first kappa shape index (κ1) is 28.6. The van der Waals surface area contributed by atoms with Crippen LogP contribution in [0.5, 0.6) is 5.75 Å². The number of ketones is 1. The fourth-order valence-electron chi connectivity index (χ4n) is 3.58. The predicted molar refractivity (Wildman–Crippen MR) is 145 cm³/mol.